The summed E-state index contributed by atoms with van der Waals surface area (Å²) in [6.07, 6.45) is -0.538. The molecule has 2 N–H and O–H groups in total. The first-order valence-electron chi connectivity index (χ1n) is 6.88. The molecule has 0 bridgehead atoms. The summed E-state index contributed by atoms with van der Waals surface area (Å²) in [6, 6.07) is 5.60. The zero-order valence-electron chi connectivity index (χ0n) is 12.5. The Kier molecular flexibility index (Phi) is 6.82. The van der Waals surface area contributed by atoms with Gasteiger partial charge in [-0.15, -0.1) is 0 Å². The number of carbonyl (C=O) groups excluding carboxylic acids is 1. The van der Waals surface area contributed by atoms with E-state index in [1.807, 2.05) is 26.8 Å². The lowest BCUT2D eigenvalue weighted by Crippen LogP contribution is -2.43. The monoisotopic (exact) mass is 298 g/mol. The van der Waals surface area contributed by atoms with Crippen molar-refractivity contribution >= 4 is 17.5 Å². The SMILES string of the molecule is CCN[C@H](C)CNC(=O)C(C)Oc1ccc(Cl)c(C)c1. The van der Waals surface area contributed by atoms with E-state index in [1.165, 1.54) is 0 Å². The third-order valence-electron chi connectivity index (χ3n) is 2.95. The van der Waals surface area contributed by atoms with Crippen LogP contribution in [-0.2, 0) is 4.79 Å². The summed E-state index contributed by atoms with van der Waals surface area (Å²) < 4.78 is 5.61. The highest BCUT2D eigenvalue weighted by Gasteiger charge is 2.15. The summed E-state index contributed by atoms with van der Waals surface area (Å²) in [4.78, 5) is 11.9. The molecule has 1 unspecified atom stereocenters. The van der Waals surface area contributed by atoms with E-state index in [0.717, 1.165) is 12.1 Å². The number of nitrogens with one attached hydrogen (secondary N) is 2. The highest BCUT2D eigenvalue weighted by Crippen LogP contribution is 2.21. The number of hydrogen-bond donors (Lipinski definition) is 2. The van der Waals surface area contributed by atoms with Crippen molar-refractivity contribution in [2.45, 2.75) is 39.8 Å². The zero-order chi connectivity index (χ0) is 15.1. The Morgan fingerprint density at radius 2 is 2.10 bits per heavy atom. The zero-order valence-corrected chi connectivity index (χ0v) is 13.3. The molecule has 0 heterocycles. The van der Waals surface area contributed by atoms with Gasteiger partial charge in [0, 0.05) is 17.6 Å². The van der Waals surface area contributed by atoms with Gasteiger partial charge in [-0.05, 0) is 51.1 Å². The first-order valence-corrected chi connectivity index (χ1v) is 7.25. The molecule has 0 spiro atoms. The van der Waals surface area contributed by atoms with Crippen molar-refractivity contribution in [3.63, 3.8) is 0 Å². The van der Waals surface area contributed by atoms with Gasteiger partial charge in [0.25, 0.3) is 5.91 Å². The van der Waals surface area contributed by atoms with Crippen molar-refractivity contribution in [3.8, 4) is 5.75 Å². The van der Waals surface area contributed by atoms with Crippen LogP contribution in [0.3, 0.4) is 0 Å². The van der Waals surface area contributed by atoms with Crippen molar-refractivity contribution in [1.82, 2.24) is 10.6 Å². The van der Waals surface area contributed by atoms with E-state index in [9.17, 15) is 4.79 Å². The van der Waals surface area contributed by atoms with E-state index in [2.05, 4.69) is 10.6 Å². The molecule has 20 heavy (non-hydrogen) atoms. The fourth-order valence-corrected chi connectivity index (χ4v) is 1.88. The van der Waals surface area contributed by atoms with E-state index in [-0.39, 0.29) is 11.9 Å². The Labute approximate surface area is 125 Å². The minimum absolute atomic E-state index is 0.123. The van der Waals surface area contributed by atoms with E-state index >= 15 is 0 Å². The van der Waals surface area contributed by atoms with Crippen LogP contribution >= 0.6 is 11.6 Å². The third-order valence-corrected chi connectivity index (χ3v) is 3.37. The van der Waals surface area contributed by atoms with E-state index in [1.54, 1.807) is 19.1 Å². The molecule has 1 amide bonds. The second kappa shape index (κ2) is 8.12. The third kappa shape index (κ3) is 5.39. The van der Waals surface area contributed by atoms with Crippen LogP contribution in [0.2, 0.25) is 5.02 Å². The number of benzene rings is 1. The van der Waals surface area contributed by atoms with Gasteiger partial charge in [0.15, 0.2) is 6.10 Å². The van der Waals surface area contributed by atoms with Gasteiger partial charge in [-0.3, -0.25) is 4.79 Å². The molecular formula is C15H23ClN2O2. The van der Waals surface area contributed by atoms with Crippen LogP contribution in [0.15, 0.2) is 18.2 Å². The maximum atomic E-state index is 11.9. The van der Waals surface area contributed by atoms with Gasteiger partial charge in [0.2, 0.25) is 0 Å². The molecule has 0 saturated heterocycles. The lowest BCUT2D eigenvalue weighted by molar-refractivity contribution is -0.127. The summed E-state index contributed by atoms with van der Waals surface area (Å²) in [5.41, 5.74) is 0.928. The molecule has 0 aliphatic rings. The highest BCUT2D eigenvalue weighted by atomic mass is 35.5. The number of likely N-dealkylation sites (N-methyl/N-ethyl adjacent to an activating group) is 1. The number of rotatable bonds is 7. The van der Waals surface area contributed by atoms with E-state index in [0.29, 0.717) is 17.3 Å². The topological polar surface area (TPSA) is 50.4 Å². The maximum absolute atomic E-state index is 11.9. The predicted octanol–water partition coefficient (Wildman–Crippen LogP) is 2.53. The number of halogens is 1. The van der Waals surface area contributed by atoms with Crippen molar-refractivity contribution in [3.05, 3.63) is 28.8 Å². The quantitative estimate of drug-likeness (QED) is 0.813. The number of amides is 1. The Morgan fingerprint density at radius 1 is 1.40 bits per heavy atom. The normalized spacial score (nSPS) is 13.7. The van der Waals surface area contributed by atoms with Gasteiger partial charge >= 0.3 is 0 Å². The van der Waals surface area contributed by atoms with Crippen LogP contribution in [0.25, 0.3) is 0 Å². The molecular weight excluding hydrogens is 276 g/mol. The molecule has 1 aromatic rings. The molecule has 1 rings (SSSR count). The summed E-state index contributed by atoms with van der Waals surface area (Å²) in [5.74, 6) is 0.525. The Hall–Kier alpha value is -1.26. The Balaban J connectivity index is 2.46. The van der Waals surface area contributed by atoms with Crippen LogP contribution in [0.1, 0.15) is 26.3 Å². The van der Waals surface area contributed by atoms with E-state index < -0.39 is 6.10 Å². The fourth-order valence-electron chi connectivity index (χ4n) is 1.77. The number of ether oxygens (including phenoxy) is 1. The second-order valence-corrected chi connectivity index (χ2v) is 5.28. The predicted molar refractivity (Wildman–Crippen MR) is 82.4 cm³/mol. The van der Waals surface area contributed by atoms with Gasteiger partial charge in [-0.25, -0.2) is 0 Å². The van der Waals surface area contributed by atoms with Crippen molar-refractivity contribution in [2.24, 2.45) is 0 Å². The molecule has 4 nitrogen and oxygen atoms in total. The maximum Gasteiger partial charge on any atom is 0.260 e. The molecule has 5 heteroatoms. The van der Waals surface area contributed by atoms with Crippen molar-refractivity contribution in [1.29, 1.82) is 0 Å². The minimum Gasteiger partial charge on any atom is -0.481 e. The number of aryl methyl sites for hydroxylation is 1. The first kappa shape index (κ1) is 16.8. The largest absolute Gasteiger partial charge is 0.481 e. The summed E-state index contributed by atoms with van der Waals surface area (Å²) in [5, 5.41) is 6.78. The molecule has 0 radical (unpaired) electrons. The van der Waals surface area contributed by atoms with Crippen LogP contribution in [0.4, 0.5) is 0 Å². The Bertz CT molecular complexity index is 451. The van der Waals surface area contributed by atoms with E-state index in [4.69, 9.17) is 16.3 Å². The van der Waals surface area contributed by atoms with Gasteiger partial charge in [0.05, 0.1) is 0 Å². The van der Waals surface area contributed by atoms with Crippen LogP contribution < -0.4 is 15.4 Å². The molecule has 112 valence electrons. The average molecular weight is 299 g/mol. The Morgan fingerprint density at radius 3 is 2.70 bits per heavy atom. The molecule has 0 aliphatic heterocycles. The van der Waals surface area contributed by atoms with Crippen molar-refractivity contribution in [2.75, 3.05) is 13.1 Å². The molecule has 0 saturated carbocycles. The number of carbonyl (C=O) groups is 1. The van der Waals surface area contributed by atoms with Crippen LogP contribution in [0, 0.1) is 6.92 Å². The van der Waals surface area contributed by atoms with Crippen LogP contribution in [0.5, 0.6) is 5.75 Å². The molecule has 1 aromatic carbocycles. The summed E-state index contributed by atoms with van der Waals surface area (Å²) in [7, 11) is 0. The second-order valence-electron chi connectivity index (χ2n) is 4.87. The molecule has 0 fully saturated rings. The molecule has 0 aliphatic carbocycles. The minimum atomic E-state index is -0.538. The highest BCUT2D eigenvalue weighted by molar-refractivity contribution is 6.31. The molecule has 2 atom stereocenters. The standard InChI is InChI=1S/C15H23ClN2O2/c1-5-17-11(3)9-18-15(19)12(4)20-13-6-7-14(16)10(2)8-13/h6-8,11-12,17H,5,9H2,1-4H3,(H,18,19)/t11-,12?/m1/s1. The summed E-state index contributed by atoms with van der Waals surface area (Å²) >= 11 is 5.95. The van der Waals surface area contributed by atoms with Gasteiger partial charge in [0.1, 0.15) is 5.75 Å². The number of hydrogen-bond acceptors (Lipinski definition) is 3. The lowest BCUT2D eigenvalue weighted by Gasteiger charge is -2.17. The first-order chi connectivity index (χ1) is 9.43. The van der Waals surface area contributed by atoms with Gasteiger partial charge in [-0.2, -0.15) is 0 Å². The lowest BCUT2D eigenvalue weighted by atomic mass is 10.2. The fraction of sp³-hybridized carbons (Fsp3) is 0.533. The molecule has 0 aromatic heterocycles. The van der Waals surface area contributed by atoms with Gasteiger partial charge < -0.3 is 15.4 Å². The summed E-state index contributed by atoms with van der Waals surface area (Å²) in [6.45, 7) is 9.16. The average Bonchev–Trinajstić information content (AvgIpc) is 2.40. The van der Waals surface area contributed by atoms with Crippen molar-refractivity contribution < 1.29 is 9.53 Å². The van der Waals surface area contributed by atoms with Crippen LogP contribution in [-0.4, -0.2) is 31.1 Å². The smallest absolute Gasteiger partial charge is 0.260 e. The van der Waals surface area contributed by atoms with Gasteiger partial charge in [-0.1, -0.05) is 18.5 Å².